The molecule has 7 nitrogen and oxygen atoms in total. The van der Waals surface area contributed by atoms with E-state index in [1.165, 1.54) is 6.07 Å². The number of rotatable bonds is 4. The predicted octanol–water partition coefficient (Wildman–Crippen LogP) is 2.53. The maximum absolute atomic E-state index is 14.1. The number of ketones is 1. The SMILES string of the molecule is O=C(CN1CCOC1=O)c1ccc(-c2noc(C(F)(F)F)n2)cc1F. The third kappa shape index (κ3) is 3.44. The molecule has 1 saturated heterocycles. The summed E-state index contributed by atoms with van der Waals surface area (Å²) in [5.74, 6) is -3.68. The molecule has 0 N–H and O–H groups in total. The number of benzene rings is 1. The minimum Gasteiger partial charge on any atom is -0.448 e. The molecule has 0 aliphatic carbocycles. The zero-order valence-electron chi connectivity index (χ0n) is 12.3. The van der Waals surface area contributed by atoms with Gasteiger partial charge in [0.1, 0.15) is 12.4 Å². The first kappa shape index (κ1) is 16.9. The van der Waals surface area contributed by atoms with E-state index >= 15 is 0 Å². The lowest BCUT2D eigenvalue weighted by Crippen LogP contribution is -2.30. The highest BCUT2D eigenvalue weighted by Crippen LogP contribution is 2.29. The molecule has 2 aromatic rings. The average Bonchev–Trinajstić information content (AvgIpc) is 3.16. The van der Waals surface area contributed by atoms with Crippen molar-refractivity contribution in [3.63, 3.8) is 0 Å². The van der Waals surface area contributed by atoms with Gasteiger partial charge in [-0.2, -0.15) is 18.2 Å². The van der Waals surface area contributed by atoms with Crippen LogP contribution in [0.25, 0.3) is 11.4 Å². The molecule has 1 aliphatic rings. The Morgan fingerprint density at radius 2 is 2.08 bits per heavy atom. The third-order valence-electron chi connectivity index (χ3n) is 3.38. The van der Waals surface area contributed by atoms with Crippen LogP contribution < -0.4 is 0 Å². The van der Waals surface area contributed by atoms with E-state index in [-0.39, 0.29) is 30.8 Å². The van der Waals surface area contributed by atoms with Crippen molar-refractivity contribution in [3.05, 3.63) is 35.5 Å². The fourth-order valence-corrected chi connectivity index (χ4v) is 2.16. The molecule has 1 aliphatic heterocycles. The zero-order chi connectivity index (χ0) is 18.2. The predicted molar refractivity (Wildman–Crippen MR) is 71.9 cm³/mol. The van der Waals surface area contributed by atoms with Crippen LogP contribution in [0.15, 0.2) is 22.7 Å². The first-order valence-corrected chi connectivity index (χ1v) is 6.91. The normalized spacial score (nSPS) is 14.7. The monoisotopic (exact) mass is 359 g/mol. The second-order valence-corrected chi connectivity index (χ2v) is 5.07. The molecule has 1 aromatic heterocycles. The summed E-state index contributed by atoms with van der Waals surface area (Å²) in [7, 11) is 0. The Morgan fingerprint density at radius 3 is 2.64 bits per heavy atom. The van der Waals surface area contributed by atoms with E-state index in [0.717, 1.165) is 17.0 Å². The van der Waals surface area contributed by atoms with Crippen molar-refractivity contribution >= 4 is 11.9 Å². The van der Waals surface area contributed by atoms with Gasteiger partial charge < -0.3 is 9.26 Å². The Balaban J connectivity index is 1.80. The molecule has 132 valence electrons. The number of hydrogen-bond donors (Lipinski definition) is 0. The molecular weight excluding hydrogens is 350 g/mol. The molecule has 1 fully saturated rings. The zero-order valence-corrected chi connectivity index (χ0v) is 12.3. The van der Waals surface area contributed by atoms with Gasteiger partial charge in [-0.15, -0.1) is 0 Å². The van der Waals surface area contributed by atoms with Crippen LogP contribution in [0.5, 0.6) is 0 Å². The molecule has 0 unspecified atom stereocenters. The van der Waals surface area contributed by atoms with Gasteiger partial charge in [-0.3, -0.25) is 9.69 Å². The summed E-state index contributed by atoms with van der Waals surface area (Å²) in [5, 5.41) is 3.13. The molecule has 25 heavy (non-hydrogen) atoms. The van der Waals surface area contributed by atoms with Crippen LogP contribution >= 0.6 is 0 Å². The Bertz CT molecular complexity index is 834. The van der Waals surface area contributed by atoms with E-state index in [2.05, 4.69) is 19.4 Å². The molecule has 1 amide bonds. The average molecular weight is 359 g/mol. The lowest BCUT2D eigenvalue weighted by molar-refractivity contribution is -0.159. The van der Waals surface area contributed by atoms with Crippen molar-refractivity contribution in [3.8, 4) is 11.4 Å². The largest absolute Gasteiger partial charge is 0.471 e. The van der Waals surface area contributed by atoms with E-state index in [0.29, 0.717) is 0 Å². The van der Waals surface area contributed by atoms with Gasteiger partial charge in [-0.05, 0) is 12.1 Å². The summed E-state index contributed by atoms with van der Waals surface area (Å²) in [4.78, 5) is 27.6. The number of ether oxygens (including phenoxy) is 1. The Kier molecular flexibility index (Phi) is 4.15. The van der Waals surface area contributed by atoms with Gasteiger partial charge in [-0.25, -0.2) is 9.18 Å². The van der Waals surface area contributed by atoms with Crippen LogP contribution in [0.4, 0.5) is 22.4 Å². The number of hydrogen-bond acceptors (Lipinski definition) is 6. The van der Waals surface area contributed by atoms with Crippen molar-refractivity contribution in [2.45, 2.75) is 6.18 Å². The highest BCUT2D eigenvalue weighted by molar-refractivity contribution is 5.99. The molecule has 0 bridgehead atoms. The number of halogens is 4. The second kappa shape index (κ2) is 6.15. The van der Waals surface area contributed by atoms with Crippen molar-refractivity contribution in [2.75, 3.05) is 19.7 Å². The number of alkyl halides is 3. The summed E-state index contributed by atoms with van der Waals surface area (Å²) in [6.45, 7) is -0.00418. The number of Topliss-reactive ketones (excluding diaryl/α,β-unsaturated/α-hetero) is 1. The molecule has 3 rings (SSSR count). The second-order valence-electron chi connectivity index (χ2n) is 5.07. The van der Waals surface area contributed by atoms with Crippen molar-refractivity contribution < 1.29 is 36.4 Å². The molecule has 0 atom stereocenters. The quantitative estimate of drug-likeness (QED) is 0.616. The number of nitrogens with zero attached hydrogens (tertiary/aromatic N) is 3. The molecule has 0 saturated carbocycles. The summed E-state index contributed by atoms with van der Waals surface area (Å²) in [6.07, 6.45) is -5.49. The first-order chi connectivity index (χ1) is 11.8. The summed E-state index contributed by atoms with van der Waals surface area (Å²) in [5.41, 5.74) is -0.406. The molecule has 0 radical (unpaired) electrons. The smallest absolute Gasteiger partial charge is 0.448 e. The van der Waals surface area contributed by atoms with Crippen molar-refractivity contribution in [1.82, 2.24) is 15.0 Å². The lowest BCUT2D eigenvalue weighted by atomic mass is 10.1. The summed E-state index contributed by atoms with van der Waals surface area (Å²) < 4.78 is 60.2. The standard InChI is InChI=1S/C14H9F4N3O4/c15-9-5-7(11-19-12(25-20-11)14(16,17)18)1-2-8(9)10(22)6-21-3-4-24-13(21)23/h1-2,5H,3-4,6H2. The fraction of sp³-hybridized carbons (Fsp3) is 0.286. The Hall–Kier alpha value is -2.98. The van der Waals surface area contributed by atoms with Crippen LogP contribution in [0, 0.1) is 5.82 Å². The number of cyclic esters (lactones) is 1. The number of aromatic nitrogens is 2. The molecule has 0 spiro atoms. The van der Waals surface area contributed by atoms with Crippen LogP contribution in [0.2, 0.25) is 0 Å². The van der Waals surface area contributed by atoms with Crippen LogP contribution in [0.3, 0.4) is 0 Å². The van der Waals surface area contributed by atoms with Gasteiger partial charge in [0.05, 0.1) is 18.7 Å². The molecule has 1 aromatic carbocycles. The van der Waals surface area contributed by atoms with Crippen LogP contribution in [-0.4, -0.2) is 46.6 Å². The van der Waals surface area contributed by atoms with Gasteiger partial charge in [0.25, 0.3) is 0 Å². The number of carbonyl (C=O) groups excluding carboxylic acids is 2. The van der Waals surface area contributed by atoms with E-state index in [1.54, 1.807) is 0 Å². The maximum Gasteiger partial charge on any atom is 0.471 e. The Morgan fingerprint density at radius 1 is 1.32 bits per heavy atom. The van der Waals surface area contributed by atoms with E-state index in [1.807, 2.05) is 0 Å². The summed E-state index contributed by atoms with van der Waals surface area (Å²) >= 11 is 0. The van der Waals surface area contributed by atoms with Gasteiger partial charge in [0.15, 0.2) is 5.78 Å². The minimum atomic E-state index is -4.82. The maximum atomic E-state index is 14.1. The third-order valence-corrected chi connectivity index (χ3v) is 3.38. The van der Waals surface area contributed by atoms with Crippen molar-refractivity contribution in [1.29, 1.82) is 0 Å². The van der Waals surface area contributed by atoms with Gasteiger partial charge in [0, 0.05) is 5.56 Å². The topological polar surface area (TPSA) is 85.5 Å². The summed E-state index contributed by atoms with van der Waals surface area (Å²) in [6, 6.07) is 3.09. The van der Waals surface area contributed by atoms with Crippen molar-refractivity contribution in [2.24, 2.45) is 0 Å². The van der Waals surface area contributed by atoms with Gasteiger partial charge in [-0.1, -0.05) is 11.2 Å². The lowest BCUT2D eigenvalue weighted by Gasteiger charge is -2.11. The number of carbonyl (C=O) groups is 2. The first-order valence-electron chi connectivity index (χ1n) is 6.91. The molecule has 2 heterocycles. The van der Waals surface area contributed by atoms with Gasteiger partial charge >= 0.3 is 18.2 Å². The van der Waals surface area contributed by atoms with Crippen LogP contribution in [-0.2, 0) is 10.9 Å². The molecule has 11 heteroatoms. The number of amides is 1. The molecular formula is C14H9F4N3O4. The highest BCUT2D eigenvalue weighted by atomic mass is 19.4. The Labute approximate surface area is 137 Å². The van der Waals surface area contributed by atoms with Gasteiger partial charge in [0.2, 0.25) is 5.82 Å². The van der Waals surface area contributed by atoms with E-state index in [4.69, 9.17) is 0 Å². The van der Waals surface area contributed by atoms with Crippen LogP contribution in [0.1, 0.15) is 16.2 Å². The highest BCUT2D eigenvalue weighted by Gasteiger charge is 2.38. The van der Waals surface area contributed by atoms with E-state index in [9.17, 15) is 27.2 Å². The minimum absolute atomic E-state index is 0.0890. The van der Waals surface area contributed by atoms with E-state index < -0.39 is 35.6 Å². The fourth-order valence-electron chi connectivity index (χ4n) is 2.16.